The first kappa shape index (κ1) is 13.2. The highest BCUT2D eigenvalue weighted by Gasteiger charge is 2.07. The van der Waals surface area contributed by atoms with Crippen LogP contribution in [0.25, 0.3) is 0 Å². The lowest BCUT2D eigenvalue weighted by Crippen LogP contribution is -2.04. The molecule has 1 aliphatic heterocycles. The minimum atomic E-state index is -0.207. The third kappa shape index (κ3) is 4.56. The number of hydrogen-bond acceptors (Lipinski definition) is 0. The largest absolute Gasteiger partial charge is 0.103 e. The summed E-state index contributed by atoms with van der Waals surface area (Å²) >= 11 is 0. The fourth-order valence-electron chi connectivity index (χ4n) is 1.96. The van der Waals surface area contributed by atoms with E-state index in [0.717, 1.165) is 25.2 Å². The predicted octanol–water partition coefficient (Wildman–Crippen LogP) is 3.76. The Balaban J connectivity index is 2.07. The van der Waals surface area contributed by atoms with Crippen LogP contribution in [0.4, 0.5) is 0 Å². The van der Waals surface area contributed by atoms with E-state index in [0.29, 0.717) is 0 Å². The summed E-state index contributed by atoms with van der Waals surface area (Å²) in [7, 11) is -0.207. The highest BCUT2D eigenvalue weighted by Crippen LogP contribution is 2.32. The molecule has 0 amide bonds. The van der Waals surface area contributed by atoms with Crippen LogP contribution in [0.1, 0.15) is 32.1 Å². The van der Waals surface area contributed by atoms with Crippen LogP contribution in [0.15, 0.2) is 30.3 Å². The second kappa shape index (κ2) is 7.97. The van der Waals surface area contributed by atoms with Crippen molar-refractivity contribution in [3.05, 3.63) is 30.3 Å². The molecule has 0 aliphatic carbocycles. The summed E-state index contributed by atoms with van der Waals surface area (Å²) in [6, 6.07) is 10.8. The van der Waals surface area contributed by atoms with Gasteiger partial charge in [-0.15, -0.1) is 11.8 Å². The van der Waals surface area contributed by atoms with Gasteiger partial charge in [-0.3, -0.25) is 0 Å². The monoisotopic (exact) mass is 254 g/mol. The Morgan fingerprint density at radius 3 is 1.94 bits per heavy atom. The van der Waals surface area contributed by atoms with Crippen LogP contribution in [0, 0.1) is 23.7 Å². The molecule has 0 unspecified atom stereocenters. The van der Waals surface area contributed by atoms with Gasteiger partial charge in [0.15, 0.2) is 0 Å². The molecule has 92 valence electrons. The number of rotatable bonds is 1. The van der Waals surface area contributed by atoms with Crippen molar-refractivity contribution in [2.75, 3.05) is 12.3 Å². The molecule has 0 aromatic heterocycles. The summed E-state index contributed by atoms with van der Waals surface area (Å²) in [4.78, 5) is 0. The van der Waals surface area contributed by atoms with E-state index in [1.807, 2.05) is 0 Å². The molecule has 0 radical (unpaired) electrons. The van der Waals surface area contributed by atoms with Crippen LogP contribution in [0.3, 0.4) is 0 Å². The summed E-state index contributed by atoms with van der Waals surface area (Å²) in [5.41, 5.74) is 0. The van der Waals surface area contributed by atoms with E-state index in [4.69, 9.17) is 0 Å². The third-order valence-electron chi connectivity index (χ3n) is 3.01. The van der Waals surface area contributed by atoms with Crippen LogP contribution in [-0.2, 0) is 0 Å². The second-order valence-corrected chi connectivity index (χ2v) is 6.69. The molecule has 1 aliphatic rings. The Morgan fingerprint density at radius 1 is 0.722 bits per heavy atom. The van der Waals surface area contributed by atoms with Crippen LogP contribution < -0.4 is 5.30 Å². The Morgan fingerprint density at radius 2 is 1.33 bits per heavy atom. The molecule has 0 fully saturated rings. The van der Waals surface area contributed by atoms with Crippen LogP contribution >= 0.6 is 7.92 Å². The fourth-order valence-corrected chi connectivity index (χ4v) is 3.64. The lowest BCUT2D eigenvalue weighted by Gasteiger charge is -2.12. The van der Waals surface area contributed by atoms with Gasteiger partial charge < -0.3 is 0 Å². The molecule has 18 heavy (non-hydrogen) atoms. The van der Waals surface area contributed by atoms with Crippen molar-refractivity contribution < 1.29 is 0 Å². The first-order valence-electron chi connectivity index (χ1n) is 6.68. The minimum absolute atomic E-state index is 0.207. The molecule has 0 nitrogen and oxygen atoms in total. The average molecular weight is 254 g/mol. The maximum atomic E-state index is 3.36. The second-order valence-electron chi connectivity index (χ2n) is 4.46. The van der Waals surface area contributed by atoms with E-state index in [9.17, 15) is 0 Å². The minimum Gasteiger partial charge on any atom is -0.103 e. The SMILES string of the molecule is C1#CCP(c2ccccc2)CC#CCCCCC1. The van der Waals surface area contributed by atoms with Crippen LogP contribution in [0.5, 0.6) is 0 Å². The topological polar surface area (TPSA) is 0 Å². The molecular weight excluding hydrogens is 235 g/mol. The van der Waals surface area contributed by atoms with Gasteiger partial charge in [0, 0.05) is 25.2 Å². The molecule has 0 N–H and O–H groups in total. The molecule has 2 rings (SSSR count). The van der Waals surface area contributed by atoms with Crippen molar-refractivity contribution in [2.45, 2.75) is 32.1 Å². The molecule has 1 heteroatoms. The van der Waals surface area contributed by atoms with Crippen molar-refractivity contribution in [1.29, 1.82) is 0 Å². The van der Waals surface area contributed by atoms with E-state index in [1.165, 1.54) is 24.6 Å². The molecular formula is C17H19P. The quantitative estimate of drug-likeness (QED) is 0.528. The standard InChI is InChI=1S/C17H19P/c1-2-4-6-11-15-18(16-12-7-5-3-1)17-13-9-8-10-14-17/h8-10,13-14H,1-5,15-16H2. The Labute approximate surface area is 112 Å². The van der Waals surface area contributed by atoms with E-state index in [-0.39, 0.29) is 7.92 Å². The zero-order chi connectivity index (χ0) is 12.5. The lowest BCUT2D eigenvalue weighted by atomic mass is 10.1. The molecule has 0 atom stereocenters. The summed E-state index contributed by atoms with van der Waals surface area (Å²) in [6.07, 6.45) is 7.88. The van der Waals surface area contributed by atoms with E-state index in [2.05, 4.69) is 54.0 Å². The first-order chi connectivity index (χ1) is 8.97. The maximum absolute atomic E-state index is 3.36. The summed E-state index contributed by atoms with van der Waals surface area (Å²) in [5, 5.41) is 1.44. The highest BCUT2D eigenvalue weighted by atomic mass is 31.1. The third-order valence-corrected chi connectivity index (χ3v) is 5.12. The van der Waals surface area contributed by atoms with Gasteiger partial charge in [-0.1, -0.05) is 56.5 Å². The van der Waals surface area contributed by atoms with Gasteiger partial charge >= 0.3 is 0 Å². The lowest BCUT2D eigenvalue weighted by molar-refractivity contribution is 0.708. The number of benzene rings is 1. The Kier molecular flexibility index (Phi) is 5.85. The van der Waals surface area contributed by atoms with Crippen molar-refractivity contribution in [2.24, 2.45) is 0 Å². The smallest absolute Gasteiger partial charge is 0.0341 e. The molecule has 0 bridgehead atoms. The summed E-state index contributed by atoms with van der Waals surface area (Å²) < 4.78 is 0. The average Bonchev–Trinajstić information content (AvgIpc) is 2.40. The van der Waals surface area contributed by atoms with Gasteiger partial charge in [-0.2, -0.15) is 0 Å². The molecule has 0 spiro atoms. The van der Waals surface area contributed by atoms with Gasteiger partial charge in [0.2, 0.25) is 0 Å². The van der Waals surface area contributed by atoms with E-state index in [1.54, 1.807) is 0 Å². The van der Waals surface area contributed by atoms with Gasteiger partial charge in [-0.25, -0.2) is 0 Å². The predicted molar refractivity (Wildman–Crippen MR) is 81.4 cm³/mol. The van der Waals surface area contributed by atoms with Gasteiger partial charge in [0.05, 0.1) is 0 Å². The fraction of sp³-hybridized carbons (Fsp3) is 0.412. The molecule has 1 heterocycles. The van der Waals surface area contributed by atoms with E-state index >= 15 is 0 Å². The summed E-state index contributed by atoms with van der Waals surface area (Å²) in [5.74, 6) is 13.4. The Bertz CT molecular complexity index is 441. The van der Waals surface area contributed by atoms with Crippen LogP contribution in [0.2, 0.25) is 0 Å². The highest BCUT2D eigenvalue weighted by molar-refractivity contribution is 7.66. The zero-order valence-electron chi connectivity index (χ0n) is 10.8. The van der Waals surface area contributed by atoms with Crippen LogP contribution in [-0.4, -0.2) is 12.3 Å². The van der Waals surface area contributed by atoms with Crippen molar-refractivity contribution >= 4 is 13.2 Å². The van der Waals surface area contributed by atoms with Gasteiger partial charge in [-0.05, 0) is 18.1 Å². The zero-order valence-corrected chi connectivity index (χ0v) is 11.7. The van der Waals surface area contributed by atoms with Crippen molar-refractivity contribution in [3.63, 3.8) is 0 Å². The maximum Gasteiger partial charge on any atom is 0.0341 e. The molecule has 1 aromatic carbocycles. The normalized spacial score (nSPS) is 17.3. The molecule has 1 aromatic rings. The van der Waals surface area contributed by atoms with Crippen molar-refractivity contribution in [3.8, 4) is 23.7 Å². The van der Waals surface area contributed by atoms with Gasteiger partial charge in [0.25, 0.3) is 0 Å². The van der Waals surface area contributed by atoms with E-state index < -0.39 is 0 Å². The summed E-state index contributed by atoms with van der Waals surface area (Å²) in [6.45, 7) is 0. The number of hydrogen-bond donors (Lipinski definition) is 0. The molecule has 0 saturated carbocycles. The van der Waals surface area contributed by atoms with Crippen molar-refractivity contribution in [1.82, 2.24) is 0 Å². The first-order valence-corrected chi connectivity index (χ1v) is 8.39. The Hall–Kier alpha value is -1.23. The molecule has 0 saturated heterocycles. The van der Waals surface area contributed by atoms with Gasteiger partial charge in [0.1, 0.15) is 0 Å².